The predicted molar refractivity (Wildman–Crippen MR) is 30.9 cm³/mol. The van der Waals surface area contributed by atoms with Crippen LogP contribution in [0.25, 0.3) is 0 Å². The second-order valence-corrected chi connectivity index (χ2v) is 0.802. The summed E-state index contributed by atoms with van der Waals surface area (Å²) in [5, 5.41) is 0. The SMILES string of the molecule is CCCl.Cl.Cl. The molecule has 0 saturated heterocycles. The third kappa shape index (κ3) is 53.0. The zero-order chi connectivity index (χ0) is 2.71. The monoisotopic (exact) mass is 136 g/mol. The van der Waals surface area contributed by atoms with Gasteiger partial charge in [0.15, 0.2) is 0 Å². The predicted octanol–water partition coefficient (Wildman–Crippen LogP) is 2.09. The van der Waals surface area contributed by atoms with Crippen LogP contribution in [0.1, 0.15) is 6.92 Å². The highest BCUT2D eigenvalue weighted by Crippen LogP contribution is 1.59. The summed E-state index contributed by atoms with van der Waals surface area (Å²) in [5.74, 6) is 0.722. The molecule has 0 aromatic rings. The van der Waals surface area contributed by atoms with Gasteiger partial charge < -0.3 is 0 Å². The standard InChI is InChI=1S/C2H5Cl.2ClH/c1-2-3;;/h2H2,1H3;2*1H. The van der Waals surface area contributed by atoms with Gasteiger partial charge in [0.2, 0.25) is 0 Å². The fraction of sp³-hybridized carbons (Fsp3) is 1.00. The molecule has 0 nitrogen and oxygen atoms in total. The van der Waals surface area contributed by atoms with E-state index in [1.807, 2.05) is 6.92 Å². The van der Waals surface area contributed by atoms with Crippen LogP contribution in [0.15, 0.2) is 0 Å². The number of alkyl halides is 1. The first-order valence-electron chi connectivity index (χ1n) is 0.974. The van der Waals surface area contributed by atoms with Crippen molar-refractivity contribution in [2.24, 2.45) is 0 Å². The third-order valence-corrected chi connectivity index (χ3v) is 0. The lowest BCUT2D eigenvalue weighted by Gasteiger charge is -1.45. The van der Waals surface area contributed by atoms with Crippen LogP contribution in [0.4, 0.5) is 0 Å². The Morgan fingerprint density at radius 1 is 1.40 bits per heavy atom. The lowest BCUT2D eigenvalue weighted by Crippen LogP contribution is -1.36. The van der Waals surface area contributed by atoms with Gasteiger partial charge >= 0.3 is 0 Å². The normalized spacial score (nSPS) is 3.60. The molecular weight excluding hydrogens is 130 g/mol. The highest BCUT2D eigenvalue weighted by molar-refractivity contribution is 6.17. The molecule has 0 unspecified atom stereocenters. The summed E-state index contributed by atoms with van der Waals surface area (Å²) in [6.45, 7) is 1.89. The van der Waals surface area contributed by atoms with Crippen LogP contribution in [-0.4, -0.2) is 5.88 Å². The summed E-state index contributed by atoms with van der Waals surface area (Å²) in [6, 6.07) is 0. The van der Waals surface area contributed by atoms with E-state index >= 15 is 0 Å². The van der Waals surface area contributed by atoms with E-state index in [1.54, 1.807) is 0 Å². The van der Waals surface area contributed by atoms with E-state index < -0.39 is 0 Å². The van der Waals surface area contributed by atoms with Crippen LogP contribution in [0.2, 0.25) is 0 Å². The molecule has 0 atom stereocenters. The highest BCUT2D eigenvalue weighted by atomic mass is 35.5. The van der Waals surface area contributed by atoms with Gasteiger partial charge in [0.25, 0.3) is 0 Å². The van der Waals surface area contributed by atoms with Crippen molar-refractivity contribution < 1.29 is 0 Å². The molecule has 0 aromatic heterocycles. The first kappa shape index (κ1) is 16.9. The molecule has 0 rings (SSSR count). The van der Waals surface area contributed by atoms with Crippen molar-refractivity contribution in [2.45, 2.75) is 6.92 Å². The maximum atomic E-state index is 5.00. The fourth-order valence-corrected chi connectivity index (χ4v) is 0. The molecule has 0 aliphatic carbocycles. The Hall–Kier alpha value is 0.870. The van der Waals surface area contributed by atoms with Crippen molar-refractivity contribution in [3.63, 3.8) is 0 Å². The van der Waals surface area contributed by atoms with Crippen molar-refractivity contribution in [1.29, 1.82) is 0 Å². The molecule has 0 aromatic carbocycles. The van der Waals surface area contributed by atoms with E-state index in [1.165, 1.54) is 0 Å². The van der Waals surface area contributed by atoms with Gasteiger partial charge in [0, 0.05) is 5.88 Å². The van der Waals surface area contributed by atoms with E-state index in [4.69, 9.17) is 11.6 Å². The lowest BCUT2D eigenvalue weighted by molar-refractivity contribution is 1.51. The van der Waals surface area contributed by atoms with Gasteiger partial charge in [-0.25, -0.2) is 0 Å². The summed E-state index contributed by atoms with van der Waals surface area (Å²) in [4.78, 5) is 0. The van der Waals surface area contributed by atoms with E-state index in [0.717, 1.165) is 5.88 Å². The van der Waals surface area contributed by atoms with E-state index in [2.05, 4.69) is 0 Å². The van der Waals surface area contributed by atoms with Crippen molar-refractivity contribution in [3.05, 3.63) is 0 Å². The maximum Gasteiger partial charge on any atom is 0.0195 e. The molecule has 5 heavy (non-hydrogen) atoms. The first-order valence-corrected chi connectivity index (χ1v) is 1.51. The van der Waals surface area contributed by atoms with Gasteiger partial charge in [0.05, 0.1) is 0 Å². The average molecular weight is 137 g/mol. The maximum absolute atomic E-state index is 5.00. The van der Waals surface area contributed by atoms with Crippen molar-refractivity contribution in [3.8, 4) is 0 Å². The molecule has 0 spiro atoms. The van der Waals surface area contributed by atoms with Gasteiger partial charge in [-0.15, -0.1) is 36.4 Å². The van der Waals surface area contributed by atoms with E-state index in [-0.39, 0.29) is 24.8 Å². The Morgan fingerprint density at radius 2 is 1.40 bits per heavy atom. The summed E-state index contributed by atoms with van der Waals surface area (Å²) >= 11 is 5.00. The Balaban J connectivity index is -0.0000000200. The average Bonchev–Trinajstić information content (AvgIpc) is 0.918. The molecule has 36 valence electrons. The van der Waals surface area contributed by atoms with E-state index in [9.17, 15) is 0 Å². The van der Waals surface area contributed by atoms with Crippen molar-refractivity contribution in [1.82, 2.24) is 0 Å². The van der Waals surface area contributed by atoms with Gasteiger partial charge in [-0.1, -0.05) is 6.92 Å². The molecule has 0 aliphatic heterocycles. The van der Waals surface area contributed by atoms with Crippen LogP contribution < -0.4 is 0 Å². The number of halogens is 3. The fourth-order valence-electron chi connectivity index (χ4n) is 0. The van der Waals surface area contributed by atoms with Crippen LogP contribution >= 0.6 is 36.4 Å². The van der Waals surface area contributed by atoms with Crippen molar-refractivity contribution >= 4 is 36.4 Å². The minimum Gasteiger partial charge on any atom is -0.147 e. The quantitative estimate of drug-likeness (QED) is 0.449. The highest BCUT2D eigenvalue weighted by Gasteiger charge is 1.38. The van der Waals surface area contributed by atoms with Crippen LogP contribution in [0, 0.1) is 0 Å². The largest absolute Gasteiger partial charge is 0.147 e. The van der Waals surface area contributed by atoms with Crippen LogP contribution in [-0.2, 0) is 0 Å². The molecule has 0 N–H and O–H groups in total. The number of hydrogen-bond acceptors (Lipinski definition) is 0. The van der Waals surface area contributed by atoms with Gasteiger partial charge in [-0.05, 0) is 0 Å². The topological polar surface area (TPSA) is 0 Å². The lowest BCUT2D eigenvalue weighted by atomic mass is 11.0. The Kier molecular flexibility index (Phi) is 70.5. The molecule has 0 heterocycles. The Labute approximate surface area is 49.7 Å². The van der Waals surface area contributed by atoms with Crippen LogP contribution in [0.5, 0.6) is 0 Å². The number of hydrogen-bond donors (Lipinski definition) is 0. The zero-order valence-electron chi connectivity index (χ0n) is 2.90. The molecule has 3 heteroatoms. The second kappa shape index (κ2) is 20.9. The smallest absolute Gasteiger partial charge is 0.0195 e. The molecule has 0 radical (unpaired) electrons. The molecule has 0 bridgehead atoms. The van der Waals surface area contributed by atoms with Crippen molar-refractivity contribution in [2.75, 3.05) is 5.88 Å². The van der Waals surface area contributed by atoms with Gasteiger partial charge in [0.1, 0.15) is 0 Å². The third-order valence-electron chi connectivity index (χ3n) is 0. The molecule has 0 saturated carbocycles. The van der Waals surface area contributed by atoms with E-state index in [0.29, 0.717) is 0 Å². The Bertz CT molecular complexity index is 4.85. The number of rotatable bonds is 0. The second-order valence-electron chi connectivity index (χ2n) is 0.267. The zero-order valence-corrected chi connectivity index (χ0v) is 5.29. The summed E-state index contributed by atoms with van der Waals surface area (Å²) in [7, 11) is 0. The van der Waals surface area contributed by atoms with Gasteiger partial charge in [-0.2, -0.15) is 0 Å². The molecule has 0 amide bonds. The summed E-state index contributed by atoms with van der Waals surface area (Å²) < 4.78 is 0. The Morgan fingerprint density at radius 3 is 1.40 bits per heavy atom. The molecular formula is C2H7Cl3. The summed E-state index contributed by atoms with van der Waals surface area (Å²) in [6.07, 6.45) is 0. The van der Waals surface area contributed by atoms with Gasteiger partial charge in [-0.3, -0.25) is 0 Å². The minimum absolute atomic E-state index is 0. The van der Waals surface area contributed by atoms with Crippen LogP contribution in [0.3, 0.4) is 0 Å². The molecule has 0 fully saturated rings. The minimum atomic E-state index is 0. The first-order chi connectivity index (χ1) is 1.41. The molecule has 0 aliphatic rings. The summed E-state index contributed by atoms with van der Waals surface area (Å²) in [5.41, 5.74) is 0.